The van der Waals surface area contributed by atoms with Gasteiger partial charge in [-0.05, 0) is 80.9 Å². The molecule has 58 heavy (non-hydrogen) atoms. The molecular weight excluding hydrogens is 709 g/mol. The Balaban J connectivity index is 1.06. The predicted octanol–water partition coefficient (Wildman–Crippen LogP) is 12.5. The molecule has 5 heteroatoms. The molecule has 1 aliphatic heterocycles. The molecule has 0 unspecified atom stereocenters. The maximum atomic E-state index is 9.22. The third-order valence-corrected chi connectivity index (χ3v) is 11.5. The van der Waals surface area contributed by atoms with Crippen molar-refractivity contribution in [3.8, 4) is 85.1 Å². The van der Waals surface area contributed by atoms with Crippen LogP contribution < -0.4 is 4.74 Å². The maximum absolute atomic E-state index is 9.22. The molecule has 11 rings (SSSR count). The number of aromatic nitrogens is 3. The molecule has 5 nitrogen and oxygen atoms in total. The Bertz CT molecular complexity index is 3050. The van der Waals surface area contributed by atoms with E-state index in [9.17, 15) is 5.26 Å². The maximum Gasteiger partial charge on any atom is 0.164 e. The van der Waals surface area contributed by atoms with Gasteiger partial charge in [0.25, 0.3) is 0 Å². The molecule has 0 fully saturated rings. The van der Waals surface area contributed by atoms with Crippen LogP contribution in [0.25, 0.3) is 67.5 Å². The van der Waals surface area contributed by atoms with Crippen LogP contribution in [-0.2, 0) is 5.41 Å². The van der Waals surface area contributed by atoms with E-state index in [1.165, 1.54) is 22.3 Å². The van der Waals surface area contributed by atoms with E-state index in [1.54, 1.807) is 0 Å². The minimum Gasteiger partial charge on any atom is -0.457 e. The van der Waals surface area contributed by atoms with Crippen LogP contribution in [0.2, 0.25) is 0 Å². The van der Waals surface area contributed by atoms with Crippen molar-refractivity contribution in [2.45, 2.75) is 5.41 Å². The van der Waals surface area contributed by atoms with Gasteiger partial charge in [-0.25, -0.2) is 15.0 Å². The molecule has 2 aliphatic rings. The van der Waals surface area contributed by atoms with Gasteiger partial charge in [0.2, 0.25) is 0 Å². The lowest BCUT2D eigenvalue weighted by Gasteiger charge is -2.39. The van der Waals surface area contributed by atoms with Gasteiger partial charge in [0.15, 0.2) is 17.5 Å². The first-order valence-corrected chi connectivity index (χ1v) is 19.3. The summed E-state index contributed by atoms with van der Waals surface area (Å²) in [6.07, 6.45) is 0. The molecule has 1 aliphatic carbocycles. The molecule has 1 spiro atoms. The molecule has 0 saturated heterocycles. The Kier molecular flexibility index (Phi) is 7.70. The number of fused-ring (bicyclic) bond motifs is 9. The molecule has 0 N–H and O–H groups in total. The molecule has 270 valence electrons. The van der Waals surface area contributed by atoms with Crippen molar-refractivity contribution in [3.63, 3.8) is 0 Å². The molecule has 8 aromatic carbocycles. The summed E-state index contributed by atoms with van der Waals surface area (Å²) in [5.41, 5.74) is 14.1. The molecule has 0 bridgehead atoms. The van der Waals surface area contributed by atoms with E-state index in [4.69, 9.17) is 19.7 Å². The Labute approximate surface area is 336 Å². The van der Waals surface area contributed by atoms with Gasteiger partial charge in [0, 0.05) is 27.8 Å². The van der Waals surface area contributed by atoms with Crippen LogP contribution in [0.5, 0.6) is 11.5 Å². The van der Waals surface area contributed by atoms with Crippen LogP contribution in [0.1, 0.15) is 27.8 Å². The van der Waals surface area contributed by atoms with Crippen LogP contribution in [0.3, 0.4) is 0 Å². The van der Waals surface area contributed by atoms with Crippen LogP contribution >= 0.6 is 0 Å². The first-order chi connectivity index (χ1) is 28.7. The van der Waals surface area contributed by atoms with Crippen molar-refractivity contribution in [1.29, 1.82) is 5.26 Å². The van der Waals surface area contributed by atoms with E-state index in [0.717, 1.165) is 61.6 Å². The fourth-order valence-corrected chi connectivity index (χ4v) is 8.77. The Morgan fingerprint density at radius 3 is 1.48 bits per heavy atom. The zero-order valence-corrected chi connectivity index (χ0v) is 31.2. The van der Waals surface area contributed by atoms with Gasteiger partial charge in [0.1, 0.15) is 11.5 Å². The fraction of sp³-hybridized carbons (Fsp3) is 0.0189. The summed E-state index contributed by atoms with van der Waals surface area (Å²) >= 11 is 0. The Hall–Kier alpha value is -7.94. The van der Waals surface area contributed by atoms with Crippen LogP contribution in [-0.4, -0.2) is 15.0 Å². The molecule has 0 radical (unpaired) electrons. The average molecular weight is 741 g/mol. The van der Waals surface area contributed by atoms with Gasteiger partial charge in [-0.3, -0.25) is 0 Å². The van der Waals surface area contributed by atoms with Gasteiger partial charge in [-0.1, -0.05) is 158 Å². The normalized spacial score (nSPS) is 12.7. The zero-order chi connectivity index (χ0) is 38.6. The van der Waals surface area contributed by atoms with Crippen molar-refractivity contribution < 1.29 is 4.74 Å². The Morgan fingerprint density at radius 2 is 0.828 bits per heavy atom. The van der Waals surface area contributed by atoms with Crippen LogP contribution in [0, 0.1) is 11.3 Å². The van der Waals surface area contributed by atoms with Crippen molar-refractivity contribution in [2.75, 3.05) is 0 Å². The highest BCUT2D eigenvalue weighted by Crippen LogP contribution is 2.62. The summed E-state index contributed by atoms with van der Waals surface area (Å²) in [7, 11) is 0. The highest BCUT2D eigenvalue weighted by Gasteiger charge is 2.51. The van der Waals surface area contributed by atoms with Crippen molar-refractivity contribution in [3.05, 3.63) is 222 Å². The SMILES string of the molecule is N#Cc1ccc(-c2ccc(-c3cccc(-c4nc(-c5ccccc5)nc(-c5ccc6c(c5)C5(c7ccccc7Oc7ccccc75)c5ccccc5-6)n4)c3)cc2)cc1. The monoisotopic (exact) mass is 740 g/mol. The van der Waals surface area contributed by atoms with E-state index in [-0.39, 0.29) is 0 Å². The summed E-state index contributed by atoms with van der Waals surface area (Å²) in [5, 5.41) is 9.22. The number of ether oxygens (including phenoxy) is 1. The lowest BCUT2D eigenvalue weighted by Crippen LogP contribution is -2.32. The molecule has 0 saturated carbocycles. The summed E-state index contributed by atoms with van der Waals surface area (Å²) < 4.78 is 6.57. The van der Waals surface area contributed by atoms with Crippen LogP contribution in [0.4, 0.5) is 0 Å². The van der Waals surface area contributed by atoms with E-state index < -0.39 is 5.41 Å². The van der Waals surface area contributed by atoms with Gasteiger partial charge < -0.3 is 4.74 Å². The second kappa shape index (κ2) is 13.4. The molecule has 0 amide bonds. The molecule has 0 atom stereocenters. The number of rotatable bonds is 5. The number of benzene rings is 8. The topological polar surface area (TPSA) is 71.7 Å². The third kappa shape index (κ3) is 5.27. The van der Waals surface area contributed by atoms with E-state index >= 15 is 0 Å². The Morgan fingerprint density at radius 1 is 0.362 bits per heavy atom. The molecule has 9 aromatic rings. The second-order valence-corrected chi connectivity index (χ2v) is 14.7. The summed E-state index contributed by atoms with van der Waals surface area (Å²) in [5.74, 6) is 3.51. The zero-order valence-electron chi connectivity index (χ0n) is 31.2. The van der Waals surface area contributed by atoms with Gasteiger partial charge in [0.05, 0.1) is 17.0 Å². The highest BCUT2D eigenvalue weighted by atomic mass is 16.5. The van der Waals surface area contributed by atoms with Gasteiger partial charge in [-0.15, -0.1) is 0 Å². The quantitative estimate of drug-likeness (QED) is 0.176. The minimum atomic E-state index is -0.602. The summed E-state index contributed by atoms with van der Waals surface area (Å²) in [4.78, 5) is 15.5. The third-order valence-electron chi connectivity index (χ3n) is 11.5. The van der Waals surface area contributed by atoms with Crippen LogP contribution in [0.15, 0.2) is 194 Å². The number of nitriles is 1. The molecular formula is C53H32N4O. The smallest absolute Gasteiger partial charge is 0.164 e. The van der Waals surface area contributed by atoms with Gasteiger partial charge in [-0.2, -0.15) is 5.26 Å². The number of hydrogen-bond donors (Lipinski definition) is 0. The molecule has 2 heterocycles. The molecule has 1 aromatic heterocycles. The average Bonchev–Trinajstić information content (AvgIpc) is 3.59. The highest BCUT2D eigenvalue weighted by molar-refractivity contribution is 5.90. The minimum absolute atomic E-state index is 0.597. The number of hydrogen-bond acceptors (Lipinski definition) is 5. The first kappa shape index (κ1) is 33.4. The number of nitrogens with zero attached hydrogens (tertiary/aromatic N) is 4. The second-order valence-electron chi connectivity index (χ2n) is 14.7. The van der Waals surface area contributed by atoms with E-state index in [0.29, 0.717) is 23.0 Å². The lowest BCUT2D eigenvalue weighted by molar-refractivity contribution is 0.436. The van der Waals surface area contributed by atoms with E-state index in [2.05, 4.69) is 133 Å². The van der Waals surface area contributed by atoms with Crippen molar-refractivity contribution >= 4 is 0 Å². The summed E-state index contributed by atoms with van der Waals surface area (Å²) in [6, 6.07) is 69.1. The van der Waals surface area contributed by atoms with Gasteiger partial charge >= 0.3 is 0 Å². The fourth-order valence-electron chi connectivity index (χ4n) is 8.77. The van der Waals surface area contributed by atoms with Crippen molar-refractivity contribution in [2.24, 2.45) is 0 Å². The summed E-state index contributed by atoms with van der Waals surface area (Å²) in [6.45, 7) is 0. The van der Waals surface area contributed by atoms with E-state index in [1.807, 2.05) is 66.7 Å². The lowest BCUT2D eigenvalue weighted by atomic mass is 9.66. The van der Waals surface area contributed by atoms with Crippen molar-refractivity contribution in [1.82, 2.24) is 15.0 Å². The predicted molar refractivity (Wildman–Crippen MR) is 229 cm³/mol. The first-order valence-electron chi connectivity index (χ1n) is 19.3. The standard InChI is InChI=1S/C53H32N4O/c54-33-34-21-23-35(24-22-34)36-25-27-37(28-26-36)39-13-10-14-40(31-39)51-55-50(38-11-2-1-3-12-38)56-52(57-51)41-29-30-43-42-15-4-5-16-44(42)53(47(43)32-41)45-17-6-8-19-48(45)58-49-20-9-7-18-46(49)53/h1-32H. The largest absolute Gasteiger partial charge is 0.457 e. The number of para-hydroxylation sites is 2.